The normalized spacial score (nSPS) is 15.7. The standard InChI is InChI=1S/C15H14Cl2N2O2S/c16-13-4-2-1-3-12(13)15(17)19-8-7-10-9-11(22(18,20)21)5-6-14(10)19/h1-6,9,15H,7-8H2,(H2,18,20,21). The van der Waals surface area contributed by atoms with Crippen molar-refractivity contribution in [1.29, 1.82) is 0 Å². The highest BCUT2D eigenvalue weighted by atomic mass is 35.5. The Balaban J connectivity index is 1.97. The van der Waals surface area contributed by atoms with Crippen molar-refractivity contribution in [2.45, 2.75) is 16.8 Å². The molecule has 1 aliphatic rings. The molecule has 0 aliphatic carbocycles. The van der Waals surface area contributed by atoms with Gasteiger partial charge in [-0.25, -0.2) is 13.6 Å². The molecule has 7 heteroatoms. The lowest BCUT2D eigenvalue weighted by atomic mass is 10.1. The minimum atomic E-state index is -3.69. The summed E-state index contributed by atoms with van der Waals surface area (Å²) in [6.45, 7) is 0.697. The fraction of sp³-hybridized carbons (Fsp3) is 0.200. The molecule has 2 aromatic carbocycles. The summed E-state index contributed by atoms with van der Waals surface area (Å²) in [5, 5.41) is 5.78. The fourth-order valence-electron chi connectivity index (χ4n) is 2.65. The summed E-state index contributed by atoms with van der Waals surface area (Å²) in [5.41, 5.74) is 2.25. The number of alkyl halides is 1. The fourth-order valence-corrected chi connectivity index (χ4v) is 3.90. The summed E-state index contributed by atoms with van der Waals surface area (Å²) in [7, 11) is -3.69. The van der Waals surface area contributed by atoms with E-state index in [1.54, 1.807) is 18.2 Å². The van der Waals surface area contributed by atoms with E-state index in [4.69, 9.17) is 28.3 Å². The Hall–Kier alpha value is -1.27. The van der Waals surface area contributed by atoms with Crippen LogP contribution in [0, 0.1) is 0 Å². The van der Waals surface area contributed by atoms with Gasteiger partial charge in [-0.3, -0.25) is 0 Å². The zero-order valence-electron chi connectivity index (χ0n) is 11.5. The molecule has 4 nitrogen and oxygen atoms in total. The monoisotopic (exact) mass is 356 g/mol. The van der Waals surface area contributed by atoms with Crippen LogP contribution in [0.3, 0.4) is 0 Å². The van der Waals surface area contributed by atoms with Crippen molar-refractivity contribution >= 4 is 38.9 Å². The number of nitrogens with two attached hydrogens (primary N) is 1. The smallest absolute Gasteiger partial charge is 0.238 e. The molecule has 0 spiro atoms. The number of rotatable bonds is 3. The number of fused-ring (bicyclic) bond motifs is 1. The number of benzene rings is 2. The predicted octanol–water partition coefficient (Wildman–Crippen LogP) is 3.29. The molecular formula is C15H14Cl2N2O2S. The lowest BCUT2D eigenvalue weighted by Gasteiger charge is -2.26. The van der Waals surface area contributed by atoms with Gasteiger partial charge in [0.05, 0.1) is 4.90 Å². The lowest BCUT2D eigenvalue weighted by Crippen LogP contribution is -2.23. The van der Waals surface area contributed by atoms with Gasteiger partial charge in [0.1, 0.15) is 5.50 Å². The Morgan fingerprint density at radius 3 is 2.59 bits per heavy atom. The molecule has 1 heterocycles. The lowest BCUT2D eigenvalue weighted by molar-refractivity contribution is 0.597. The average Bonchev–Trinajstić information content (AvgIpc) is 2.89. The summed E-state index contributed by atoms with van der Waals surface area (Å²) < 4.78 is 22.9. The molecule has 116 valence electrons. The number of sulfonamides is 1. The molecule has 1 unspecified atom stereocenters. The number of anilines is 1. The molecular weight excluding hydrogens is 343 g/mol. The number of nitrogens with zero attached hydrogens (tertiary/aromatic N) is 1. The Labute approximate surface area is 139 Å². The molecule has 2 aromatic rings. The van der Waals surface area contributed by atoms with Crippen molar-refractivity contribution in [3.05, 3.63) is 58.6 Å². The molecule has 0 aromatic heterocycles. The Kier molecular flexibility index (Phi) is 4.07. The second-order valence-electron chi connectivity index (χ2n) is 5.14. The van der Waals surface area contributed by atoms with Gasteiger partial charge in [-0.1, -0.05) is 41.4 Å². The Morgan fingerprint density at radius 2 is 1.91 bits per heavy atom. The summed E-state index contributed by atoms with van der Waals surface area (Å²) in [6, 6.07) is 12.3. The van der Waals surface area contributed by atoms with Gasteiger partial charge in [0.15, 0.2) is 0 Å². The van der Waals surface area contributed by atoms with Crippen LogP contribution in [0.15, 0.2) is 47.4 Å². The van der Waals surface area contributed by atoms with Gasteiger partial charge in [0, 0.05) is 22.8 Å². The highest BCUT2D eigenvalue weighted by molar-refractivity contribution is 7.89. The van der Waals surface area contributed by atoms with Gasteiger partial charge >= 0.3 is 0 Å². The number of primary sulfonamides is 1. The maximum Gasteiger partial charge on any atom is 0.238 e. The molecule has 0 saturated carbocycles. The molecule has 0 saturated heterocycles. The number of hydrogen-bond donors (Lipinski definition) is 1. The van der Waals surface area contributed by atoms with Crippen LogP contribution < -0.4 is 10.0 Å². The van der Waals surface area contributed by atoms with E-state index in [1.807, 2.05) is 23.1 Å². The van der Waals surface area contributed by atoms with Crippen LogP contribution in [0.4, 0.5) is 5.69 Å². The minimum absolute atomic E-state index is 0.122. The summed E-state index contributed by atoms with van der Waals surface area (Å²) >= 11 is 12.8. The van der Waals surface area contributed by atoms with E-state index >= 15 is 0 Å². The van der Waals surface area contributed by atoms with Crippen LogP contribution in [0.25, 0.3) is 0 Å². The van der Waals surface area contributed by atoms with Crippen LogP contribution in [0.5, 0.6) is 0 Å². The van der Waals surface area contributed by atoms with Crippen molar-refractivity contribution in [3.8, 4) is 0 Å². The van der Waals surface area contributed by atoms with Crippen molar-refractivity contribution in [2.75, 3.05) is 11.4 Å². The predicted molar refractivity (Wildman–Crippen MR) is 88.9 cm³/mol. The van der Waals surface area contributed by atoms with E-state index < -0.39 is 15.5 Å². The van der Waals surface area contributed by atoms with Crippen molar-refractivity contribution in [2.24, 2.45) is 5.14 Å². The first kappa shape index (κ1) is 15.6. The second kappa shape index (κ2) is 5.74. The Bertz CT molecular complexity index is 824. The maximum atomic E-state index is 11.4. The third kappa shape index (κ3) is 2.82. The molecule has 0 bridgehead atoms. The van der Waals surface area contributed by atoms with Crippen LogP contribution in [-0.4, -0.2) is 15.0 Å². The first-order valence-corrected chi connectivity index (χ1v) is 9.05. The van der Waals surface area contributed by atoms with Gasteiger partial charge < -0.3 is 4.90 Å². The first-order chi connectivity index (χ1) is 10.4. The van der Waals surface area contributed by atoms with Crippen LogP contribution in [0.1, 0.15) is 16.6 Å². The van der Waals surface area contributed by atoms with Crippen LogP contribution in [-0.2, 0) is 16.4 Å². The SMILES string of the molecule is NS(=O)(=O)c1ccc2c(c1)CCN2C(Cl)c1ccccc1Cl. The molecule has 2 N–H and O–H groups in total. The summed E-state index contributed by atoms with van der Waals surface area (Å²) in [6.07, 6.45) is 0.715. The van der Waals surface area contributed by atoms with E-state index in [-0.39, 0.29) is 4.90 Å². The number of halogens is 2. The summed E-state index contributed by atoms with van der Waals surface area (Å²) in [5.74, 6) is 0. The maximum absolute atomic E-state index is 11.4. The molecule has 3 rings (SSSR count). The quantitative estimate of drug-likeness (QED) is 0.677. The highest BCUT2D eigenvalue weighted by Crippen LogP contribution is 2.39. The molecule has 0 fully saturated rings. The zero-order valence-corrected chi connectivity index (χ0v) is 13.9. The van der Waals surface area contributed by atoms with Gasteiger partial charge in [-0.15, -0.1) is 0 Å². The van der Waals surface area contributed by atoms with Crippen molar-refractivity contribution in [3.63, 3.8) is 0 Å². The van der Waals surface area contributed by atoms with Crippen LogP contribution in [0.2, 0.25) is 5.02 Å². The third-order valence-electron chi connectivity index (χ3n) is 3.75. The van der Waals surface area contributed by atoms with E-state index in [2.05, 4.69) is 0 Å². The van der Waals surface area contributed by atoms with Gasteiger partial charge in [-0.2, -0.15) is 0 Å². The van der Waals surface area contributed by atoms with Gasteiger partial charge in [0.25, 0.3) is 0 Å². The average molecular weight is 357 g/mol. The highest BCUT2D eigenvalue weighted by Gasteiger charge is 2.27. The second-order valence-corrected chi connectivity index (χ2v) is 7.52. The van der Waals surface area contributed by atoms with Crippen molar-refractivity contribution in [1.82, 2.24) is 0 Å². The van der Waals surface area contributed by atoms with E-state index in [0.717, 1.165) is 16.8 Å². The molecule has 22 heavy (non-hydrogen) atoms. The van der Waals surface area contributed by atoms with E-state index in [9.17, 15) is 8.42 Å². The Morgan fingerprint density at radius 1 is 1.18 bits per heavy atom. The topological polar surface area (TPSA) is 63.4 Å². The minimum Gasteiger partial charge on any atom is -0.351 e. The molecule has 1 aliphatic heterocycles. The zero-order chi connectivity index (χ0) is 15.9. The van der Waals surface area contributed by atoms with Gasteiger partial charge in [0.2, 0.25) is 10.0 Å². The first-order valence-electron chi connectivity index (χ1n) is 6.69. The molecule has 0 radical (unpaired) electrons. The number of hydrogen-bond acceptors (Lipinski definition) is 3. The van der Waals surface area contributed by atoms with Crippen LogP contribution >= 0.6 is 23.2 Å². The van der Waals surface area contributed by atoms with Crippen molar-refractivity contribution < 1.29 is 8.42 Å². The summed E-state index contributed by atoms with van der Waals surface area (Å²) in [4.78, 5) is 2.13. The molecule has 1 atom stereocenters. The largest absolute Gasteiger partial charge is 0.351 e. The third-order valence-corrected chi connectivity index (χ3v) is 5.47. The van der Waals surface area contributed by atoms with E-state index in [0.29, 0.717) is 18.0 Å². The van der Waals surface area contributed by atoms with E-state index in [1.165, 1.54) is 6.07 Å². The molecule has 0 amide bonds. The van der Waals surface area contributed by atoms with Gasteiger partial charge in [-0.05, 0) is 36.2 Å².